The van der Waals surface area contributed by atoms with E-state index in [9.17, 15) is 14.4 Å². The molecule has 27 heavy (non-hydrogen) atoms. The molecular weight excluding hydrogens is 350 g/mol. The van der Waals surface area contributed by atoms with Gasteiger partial charge in [-0.25, -0.2) is 4.79 Å². The van der Waals surface area contributed by atoms with Crippen molar-refractivity contribution in [2.24, 2.45) is 0 Å². The fraction of sp³-hybridized carbons (Fsp3) is 0.550. The Bertz CT molecular complexity index is 584. The van der Waals surface area contributed by atoms with Gasteiger partial charge in [0, 0.05) is 19.9 Å². The van der Waals surface area contributed by atoms with Crippen molar-refractivity contribution >= 4 is 17.9 Å². The van der Waals surface area contributed by atoms with Crippen molar-refractivity contribution in [1.82, 2.24) is 4.90 Å². The summed E-state index contributed by atoms with van der Waals surface area (Å²) in [5, 5.41) is 8.04. The lowest BCUT2D eigenvalue weighted by Crippen LogP contribution is -2.28. The number of nitrogens with zero attached hydrogens (tertiary/aromatic N) is 1. The number of hydrogen-bond donors (Lipinski definition) is 1. The average Bonchev–Trinajstić information content (AvgIpc) is 2.64. The Morgan fingerprint density at radius 1 is 1.07 bits per heavy atom. The number of carbonyl (C=O) groups excluding carboxylic acids is 2. The quantitative estimate of drug-likeness (QED) is 0.490. The van der Waals surface area contributed by atoms with E-state index < -0.39 is 17.9 Å². The second-order valence-corrected chi connectivity index (χ2v) is 5.75. The van der Waals surface area contributed by atoms with Crippen LogP contribution in [0, 0.1) is 0 Å². The van der Waals surface area contributed by atoms with Crippen LogP contribution in [0.1, 0.15) is 57.3 Å². The number of benzene rings is 1. The summed E-state index contributed by atoms with van der Waals surface area (Å²) in [7, 11) is 0. The van der Waals surface area contributed by atoms with Gasteiger partial charge in [0.2, 0.25) is 0 Å². The summed E-state index contributed by atoms with van der Waals surface area (Å²) in [4.78, 5) is 34.9. The van der Waals surface area contributed by atoms with Crippen LogP contribution in [0.25, 0.3) is 0 Å². The molecule has 1 aromatic rings. The first kappa shape index (κ1) is 24.6. The molecule has 0 amide bonds. The second-order valence-electron chi connectivity index (χ2n) is 5.75. The minimum atomic E-state index is -0.693. The number of aliphatic carboxylic acids is 1. The lowest BCUT2D eigenvalue weighted by atomic mass is 10.2. The maximum atomic E-state index is 12.0. The smallest absolute Gasteiger partial charge is 0.341 e. The Balaban J connectivity index is 0.000000821. The van der Waals surface area contributed by atoms with Crippen LogP contribution < -0.4 is 4.74 Å². The summed E-state index contributed by atoms with van der Waals surface area (Å²) in [5.74, 6) is -1.41. The van der Waals surface area contributed by atoms with Gasteiger partial charge in [-0.1, -0.05) is 39.3 Å². The molecule has 0 aliphatic heterocycles. The first-order chi connectivity index (χ1) is 12.8. The zero-order valence-electron chi connectivity index (χ0n) is 16.7. The minimum Gasteiger partial charge on any atom is -0.481 e. The number of unbranched alkanes of at least 4 members (excludes halogenated alkanes) is 1. The van der Waals surface area contributed by atoms with E-state index in [1.165, 1.54) is 6.92 Å². The molecule has 152 valence electrons. The van der Waals surface area contributed by atoms with Crippen LogP contribution >= 0.6 is 0 Å². The van der Waals surface area contributed by atoms with E-state index in [2.05, 4.69) is 18.7 Å². The minimum absolute atomic E-state index is 0.229. The standard InChI is InChI=1S/C15H21NO4.C5H10O2/c1-4-16(5-2)10-11-19-15(18)13-8-6-7-9-14(13)20-12(3)17;1-2-3-4-5(6)7/h6-9H,4-5,10-11H2,1-3H3;2-4H2,1H3,(H,6,7). The highest BCUT2D eigenvalue weighted by Crippen LogP contribution is 2.19. The molecule has 0 aliphatic rings. The number of ether oxygens (including phenoxy) is 2. The number of carbonyl (C=O) groups is 3. The molecule has 7 heteroatoms. The van der Waals surface area contributed by atoms with Crippen LogP contribution in [0.2, 0.25) is 0 Å². The predicted octanol–water partition coefficient (Wildman–Crippen LogP) is 3.37. The van der Waals surface area contributed by atoms with E-state index in [1.807, 2.05) is 6.92 Å². The predicted molar refractivity (Wildman–Crippen MR) is 103 cm³/mol. The Morgan fingerprint density at radius 3 is 2.19 bits per heavy atom. The van der Waals surface area contributed by atoms with Gasteiger partial charge in [0.1, 0.15) is 17.9 Å². The number of para-hydroxylation sites is 1. The molecule has 7 nitrogen and oxygen atoms in total. The van der Waals surface area contributed by atoms with Crippen LogP contribution in [0.15, 0.2) is 24.3 Å². The number of rotatable bonds is 10. The van der Waals surface area contributed by atoms with E-state index in [-0.39, 0.29) is 11.3 Å². The van der Waals surface area contributed by atoms with Crippen LogP contribution in [-0.4, -0.2) is 54.2 Å². The highest BCUT2D eigenvalue weighted by atomic mass is 16.5. The van der Waals surface area contributed by atoms with Crippen molar-refractivity contribution in [2.75, 3.05) is 26.2 Å². The number of carboxylic acids is 1. The lowest BCUT2D eigenvalue weighted by Gasteiger charge is -2.17. The Hall–Kier alpha value is -2.41. The van der Waals surface area contributed by atoms with Gasteiger partial charge in [-0.15, -0.1) is 0 Å². The number of carboxylic acid groups (broad SMARTS) is 1. The number of likely N-dealkylation sites (N-methyl/N-ethyl adjacent to an activating group) is 1. The Labute approximate surface area is 161 Å². The molecule has 1 N–H and O–H groups in total. The molecule has 0 fully saturated rings. The maximum Gasteiger partial charge on any atom is 0.341 e. The summed E-state index contributed by atoms with van der Waals surface area (Å²) in [6.07, 6.45) is 2.08. The molecule has 1 aromatic carbocycles. The lowest BCUT2D eigenvalue weighted by molar-refractivity contribution is -0.137. The van der Waals surface area contributed by atoms with Crippen molar-refractivity contribution in [1.29, 1.82) is 0 Å². The maximum absolute atomic E-state index is 12.0. The van der Waals surface area contributed by atoms with Crippen LogP contribution in [0.3, 0.4) is 0 Å². The zero-order chi connectivity index (χ0) is 20.7. The first-order valence-corrected chi connectivity index (χ1v) is 9.24. The van der Waals surface area contributed by atoms with E-state index in [0.717, 1.165) is 25.9 Å². The molecule has 0 spiro atoms. The molecule has 0 radical (unpaired) electrons. The van der Waals surface area contributed by atoms with Gasteiger partial charge in [0.05, 0.1) is 0 Å². The highest BCUT2D eigenvalue weighted by molar-refractivity contribution is 5.93. The van der Waals surface area contributed by atoms with Gasteiger partial charge in [-0.05, 0) is 31.6 Å². The van der Waals surface area contributed by atoms with Crippen molar-refractivity contribution in [3.8, 4) is 5.75 Å². The third-order valence-electron chi connectivity index (χ3n) is 3.64. The summed E-state index contributed by atoms with van der Waals surface area (Å²) in [6.45, 7) is 10.2. The van der Waals surface area contributed by atoms with E-state index in [1.54, 1.807) is 24.3 Å². The van der Waals surface area contributed by atoms with Crippen molar-refractivity contribution in [3.63, 3.8) is 0 Å². The molecule has 0 bridgehead atoms. The molecule has 0 atom stereocenters. The molecule has 1 rings (SSSR count). The SMILES string of the molecule is CCCCC(=O)O.CCN(CC)CCOC(=O)c1ccccc1OC(C)=O. The van der Waals surface area contributed by atoms with E-state index >= 15 is 0 Å². The molecule has 0 heterocycles. The highest BCUT2D eigenvalue weighted by Gasteiger charge is 2.15. The fourth-order valence-corrected chi connectivity index (χ4v) is 2.09. The molecular formula is C20H31NO6. The summed E-state index contributed by atoms with van der Waals surface area (Å²) < 4.78 is 10.2. The summed E-state index contributed by atoms with van der Waals surface area (Å²) in [5.41, 5.74) is 0.266. The molecule has 0 saturated heterocycles. The normalized spacial score (nSPS) is 9.96. The van der Waals surface area contributed by atoms with Gasteiger partial charge in [-0.2, -0.15) is 0 Å². The van der Waals surface area contributed by atoms with Gasteiger partial charge in [0.15, 0.2) is 0 Å². The summed E-state index contributed by atoms with van der Waals surface area (Å²) >= 11 is 0. The average molecular weight is 381 g/mol. The Kier molecular flexibility index (Phi) is 13.4. The van der Waals surface area contributed by atoms with Gasteiger partial charge < -0.3 is 19.5 Å². The van der Waals surface area contributed by atoms with Crippen LogP contribution in [0.5, 0.6) is 5.75 Å². The summed E-state index contributed by atoms with van der Waals surface area (Å²) in [6, 6.07) is 6.55. The molecule has 0 aromatic heterocycles. The monoisotopic (exact) mass is 381 g/mol. The molecule has 0 saturated carbocycles. The third kappa shape index (κ3) is 11.8. The van der Waals surface area contributed by atoms with Crippen molar-refractivity contribution in [2.45, 2.75) is 47.0 Å². The molecule has 0 unspecified atom stereocenters. The van der Waals surface area contributed by atoms with E-state index in [4.69, 9.17) is 14.6 Å². The first-order valence-electron chi connectivity index (χ1n) is 9.24. The number of esters is 2. The number of hydrogen-bond acceptors (Lipinski definition) is 6. The topological polar surface area (TPSA) is 93.1 Å². The molecule has 0 aliphatic carbocycles. The Morgan fingerprint density at radius 2 is 1.70 bits per heavy atom. The van der Waals surface area contributed by atoms with Gasteiger partial charge in [0.25, 0.3) is 0 Å². The van der Waals surface area contributed by atoms with E-state index in [0.29, 0.717) is 19.6 Å². The third-order valence-corrected chi connectivity index (χ3v) is 3.64. The fourth-order valence-electron chi connectivity index (χ4n) is 2.09. The van der Waals surface area contributed by atoms with Crippen LogP contribution in [0.4, 0.5) is 0 Å². The van der Waals surface area contributed by atoms with Crippen LogP contribution in [-0.2, 0) is 14.3 Å². The second kappa shape index (κ2) is 14.7. The zero-order valence-corrected chi connectivity index (χ0v) is 16.7. The largest absolute Gasteiger partial charge is 0.481 e. The van der Waals surface area contributed by atoms with Crippen molar-refractivity contribution in [3.05, 3.63) is 29.8 Å². The van der Waals surface area contributed by atoms with Crippen molar-refractivity contribution < 1.29 is 29.0 Å². The van der Waals surface area contributed by atoms with Gasteiger partial charge in [-0.3, -0.25) is 9.59 Å². The van der Waals surface area contributed by atoms with Gasteiger partial charge >= 0.3 is 17.9 Å².